The first-order valence-corrected chi connectivity index (χ1v) is 8.04. The van der Waals surface area contributed by atoms with Crippen molar-refractivity contribution in [2.75, 3.05) is 13.7 Å². The van der Waals surface area contributed by atoms with Crippen LogP contribution < -0.4 is 10.1 Å². The number of hydrogen-bond acceptors (Lipinski definition) is 2. The van der Waals surface area contributed by atoms with Crippen LogP contribution in [0.4, 0.5) is 0 Å². The minimum Gasteiger partial charge on any atom is -0.497 e. The minimum atomic E-state index is 0.0981. The van der Waals surface area contributed by atoms with E-state index in [9.17, 15) is 4.79 Å². The van der Waals surface area contributed by atoms with Gasteiger partial charge in [0.05, 0.1) is 7.11 Å². The molecule has 3 heteroatoms. The lowest BCUT2D eigenvalue weighted by Crippen LogP contribution is -2.26. The van der Waals surface area contributed by atoms with E-state index in [0.717, 1.165) is 17.7 Å². The Morgan fingerprint density at radius 1 is 1.17 bits per heavy atom. The number of carbonyl (C=O) groups excluding carboxylic acids is 1. The Morgan fingerprint density at radius 3 is 2.57 bits per heavy atom. The average Bonchev–Trinajstić information content (AvgIpc) is 2.55. The molecule has 2 rings (SSSR count). The second-order valence-electron chi connectivity index (χ2n) is 5.97. The van der Waals surface area contributed by atoms with Gasteiger partial charge in [-0.25, -0.2) is 0 Å². The fraction of sp³-hybridized carbons (Fsp3) is 0.350. The van der Waals surface area contributed by atoms with Gasteiger partial charge in [-0.3, -0.25) is 4.79 Å². The highest BCUT2D eigenvalue weighted by Crippen LogP contribution is 2.21. The Bertz CT molecular complexity index is 634. The molecule has 1 unspecified atom stereocenters. The molecule has 0 spiro atoms. The minimum absolute atomic E-state index is 0.0981. The van der Waals surface area contributed by atoms with E-state index in [1.165, 1.54) is 11.1 Å². The molecule has 0 aliphatic rings. The molecule has 2 aromatic carbocycles. The van der Waals surface area contributed by atoms with Crippen LogP contribution in [0.1, 0.15) is 36.0 Å². The summed E-state index contributed by atoms with van der Waals surface area (Å²) in [5.41, 5.74) is 3.66. The summed E-state index contributed by atoms with van der Waals surface area (Å²) >= 11 is 0. The predicted molar refractivity (Wildman–Crippen MR) is 93.9 cm³/mol. The van der Waals surface area contributed by atoms with E-state index in [1.807, 2.05) is 24.3 Å². The Kier molecular flexibility index (Phi) is 6.21. The molecular formula is C20H25NO2. The second kappa shape index (κ2) is 8.37. The highest BCUT2D eigenvalue weighted by atomic mass is 16.5. The van der Waals surface area contributed by atoms with E-state index in [2.05, 4.69) is 43.4 Å². The number of benzene rings is 2. The Balaban J connectivity index is 1.77. The molecule has 0 bridgehead atoms. The smallest absolute Gasteiger partial charge is 0.220 e. The summed E-state index contributed by atoms with van der Waals surface area (Å²) in [7, 11) is 1.65. The van der Waals surface area contributed by atoms with E-state index < -0.39 is 0 Å². The number of nitrogens with one attached hydrogen (secondary N) is 1. The average molecular weight is 311 g/mol. The van der Waals surface area contributed by atoms with Crippen molar-refractivity contribution < 1.29 is 9.53 Å². The van der Waals surface area contributed by atoms with Gasteiger partial charge >= 0.3 is 0 Å². The van der Waals surface area contributed by atoms with Crippen molar-refractivity contribution in [3.63, 3.8) is 0 Å². The first kappa shape index (κ1) is 17.1. The third-order valence-corrected chi connectivity index (χ3v) is 3.99. The lowest BCUT2D eigenvalue weighted by atomic mass is 9.97. The lowest BCUT2D eigenvalue weighted by Gasteiger charge is -2.13. The summed E-state index contributed by atoms with van der Waals surface area (Å²) in [6, 6.07) is 16.3. The Morgan fingerprint density at radius 2 is 1.91 bits per heavy atom. The van der Waals surface area contributed by atoms with Crippen LogP contribution in [-0.4, -0.2) is 19.6 Å². The highest BCUT2D eigenvalue weighted by Gasteiger charge is 2.11. The van der Waals surface area contributed by atoms with Crippen molar-refractivity contribution in [2.24, 2.45) is 0 Å². The molecular weight excluding hydrogens is 286 g/mol. The summed E-state index contributed by atoms with van der Waals surface area (Å²) in [5, 5.41) is 3.01. The van der Waals surface area contributed by atoms with Crippen LogP contribution in [0, 0.1) is 6.92 Å². The maximum absolute atomic E-state index is 12.1. The van der Waals surface area contributed by atoms with E-state index in [-0.39, 0.29) is 11.8 Å². The van der Waals surface area contributed by atoms with Gasteiger partial charge in [-0.05, 0) is 42.5 Å². The Labute approximate surface area is 138 Å². The summed E-state index contributed by atoms with van der Waals surface area (Å²) in [6.45, 7) is 4.83. The van der Waals surface area contributed by atoms with Gasteiger partial charge in [-0.1, -0.05) is 48.9 Å². The SMILES string of the molecule is COc1ccc(C(C)CC(=O)NCCc2cccc(C)c2)cc1. The number of aryl methyl sites for hydroxylation is 1. The first-order chi connectivity index (χ1) is 11.1. The van der Waals surface area contributed by atoms with Crippen molar-refractivity contribution >= 4 is 5.91 Å². The van der Waals surface area contributed by atoms with Gasteiger partial charge < -0.3 is 10.1 Å². The molecule has 0 fully saturated rings. The topological polar surface area (TPSA) is 38.3 Å². The van der Waals surface area contributed by atoms with Crippen LogP contribution in [0.5, 0.6) is 5.75 Å². The van der Waals surface area contributed by atoms with E-state index >= 15 is 0 Å². The fourth-order valence-electron chi connectivity index (χ4n) is 2.61. The van der Waals surface area contributed by atoms with Gasteiger partial charge in [0.15, 0.2) is 0 Å². The number of amides is 1. The van der Waals surface area contributed by atoms with E-state index in [4.69, 9.17) is 4.74 Å². The summed E-state index contributed by atoms with van der Waals surface area (Å²) in [4.78, 5) is 12.1. The summed E-state index contributed by atoms with van der Waals surface area (Å²) in [6.07, 6.45) is 1.37. The molecule has 0 radical (unpaired) electrons. The Hall–Kier alpha value is -2.29. The highest BCUT2D eigenvalue weighted by molar-refractivity contribution is 5.76. The molecule has 1 N–H and O–H groups in total. The van der Waals surface area contributed by atoms with Gasteiger partial charge in [0, 0.05) is 13.0 Å². The predicted octanol–water partition coefficient (Wildman–Crippen LogP) is 3.86. The summed E-state index contributed by atoms with van der Waals surface area (Å²) < 4.78 is 5.15. The van der Waals surface area contributed by atoms with Crippen molar-refractivity contribution in [3.05, 3.63) is 65.2 Å². The first-order valence-electron chi connectivity index (χ1n) is 8.04. The quantitative estimate of drug-likeness (QED) is 0.843. The largest absolute Gasteiger partial charge is 0.497 e. The molecule has 23 heavy (non-hydrogen) atoms. The van der Waals surface area contributed by atoms with Gasteiger partial charge in [0.1, 0.15) is 5.75 Å². The zero-order chi connectivity index (χ0) is 16.7. The van der Waals surface area contributed by atoms with Crippen LogP contribution in [0.15, 0.2) is 48.5 Å². The van der Waals surface area contributed by atoms with Crippen molar-refractivity contribution in [1.29, 1.82) is 0 Å². The zero-order valence-corrected chi connectivity index (χ0v) is 14.1. The normalized spacial score (nSPS) is 11.8. The molecule has 3 nitrogen and oxygen atoms in total. The lowest BCUT2D eigenvalue weighted by molar-refractivity contribution is -0.121. The second-order valence-corrected chi connectivity index (χ2v) is 5.97. The third-order valence-electron chi connectivity index (χ3n) is 3.99. The monoisotopic (exact) mass is 311 g/mol. The van der Waals surface area contributed by atoms with E-state index in [0.29, 0.717) is 13.0 Å². The fourth-order valence-corrected chi connectivity index (χ4v) is 2.61. The van der Waals surface area contributed by atoms with E-state index in [1.54, 1.807) is 7.11 Å². The maximum Gasteiger partial charge on any atom is 0.220 e. The molecule has 122 valence electrons. The van der Waals surface area contributed by atoms with Gasteiger partial charge in [-0.2, -0.15) is 0 Å². The third kappa shape index (κ3) is 5.44. The standard InChI is InChI=1S/C20H25NO2/c1-15-5-4-6-17(13-15)11-12-21-20(22)14-16(2)18-7-9-19(23-3)10-8-18/h4-10,13,16H,11-12,14H2,1-3H3,(H,21,22). The zero-order valence-electron chi connectivity index (χ0n) is 14.1. The van der Waals surface area contributed by atoms with Gasteiger partial charge in [0.25, 0.3) is 0 Å². The number of rotatable bonds is 7. The van der Waals surface area contributed by atoms with Crippen molar-refractivity contribution in [2.45, 2.75) is 32.6 Å². The molecule has 2 aromatic rings. The number of carbonyl (C=O) groups is 1. The summed E-state index contributed by atoms with van der Waals surface area (Å²) in [5.74, 6) is 1.13. The number of hydrogen-bond donors (Lipinski definition) is 1. The molecule has 0 aliphatic heterocycles. The molecule has 0 heterocycles. The number of methoxy groups -OCH3 is 1. The molecule has 0 saturated heterocycles. The van der Waals surface area contributed by atoms with Crippen molar-refractivity contribution in [3.8, 4) is 5.75 Å². The molecule has 0 aromatic heterocycles. The molecule has 1 amide bonds. The maximum atomic E-state index is 12.1. The molecule has 0 aliphatic carbocycles. The molecule has 1 atom stereocenters. The number of ether oxygens (including phenoxy) is 1. The molecule has 0 saturated carbocycles. The van der Waals surface area contributed by atoms with Crippen LogP contribution in [0.3, 0.4) is 0 Å². The van der Waals surface area contributed by atoms with Crippen LogP contribution in [0.25, 0.3) is 0 Å². The van der Waals surface area contributed by atoms with Gasteiger partial charge in [0.2, 0.25) is 5.91 Å². The van der Waals surface area contributed by atoms with Crippen molar-refractivity contribution in [1.82, 2.24) is 5.32 Å². The van der Waals surface area contributed by atoms with Crippen LogP contribution in [0.2, 0.25) is 0 Å². The van der Waals surface area contributed by atoms with Crippen LogP contribution in [-0.2, 0) is 11.2 Å². The van der Waals surface area contributed by atoms with Gasteiger partial charge in [-0.15, -0.1) is 0 Å². The van der Waals surface area contributed by atoms with Crippen LogP contribution >= 0.6 is 0 Å².